The Morgan fingerprint density at radius 1 is 1.14 bits per heavy atom. The molecule has 0 saturated heterocycles. The Morgan fingerprint density at radius 2 is 1.92 bits per heavy atom. The van der Waals surface area contributed by atoms with Crippen molar-refractivity contribution in [2.75, 3.05) is 5.32 Å². The summed E-state index contributed by atoms with van der Waals surface area (Å²) in [5.41, 5.74) is 3.51. The number of halogens is 2. The maximum atomic E-state index is 14.2. The van der Waals surface area contributed by atoms with E-state index < -0.39 is 23.2 Å². The number of hydrogen-bond acceptors (Lipinski definition) is 5. The first-order valence-corrected chi connectivity index (χ1v) is 11.3. The predicted molar refractivity (Wildman–Crippen MR) is 135 cm³/mol. The Kier molecular flexibility index (Phi) is 5.56. The smallest absolute Gasteiger partial charge is 0.196 e. The summed E-state index contributed by atoms with van der Waals surface area (Å²) in [4.78, 5) is 13.4. The number of nitrogens with zero attached hydrogens (tertiary/aromatic N) is 3. The zero-order chi connectivity index (χ0) is 25.7. The highest BCUT2D eigenvalue weighted by Crippen LogP contribution is 2.34. The van der Waals surface area contributed by atoms with Gasteiger partial charge in [0.15, 0.2) is 17.1 Å². The van der Waals surface area contributed by atoms with Crippen LogP contribution in [0.4, 0.5) is 14.5 Å². The van der Waals surface area contributed by atoms with Crippen molar-refractivity contribution >= 4 is 27.6 Å². The summed E-state index contributed by atoms with van der Waals surface area (Å²) in [5, 5.41) is 18.2. The molecule has 180 valence electrons. The second-order valence-corrected chi connectivity index (χ2v) is 8.95. The van der Waals surface area contributed by atoms with E-state index in [0.29, 0.717) is 27.9 Å². The number of anilines is 1. The lowest BCUT2D eigenvalue weighted by Gasteiger charge is -2.19. The van der Waals surface area contributed by atoms with Crippen molar-refractivity contribution in [1.82, 2.24) is 9.78 Å². The summed E-state index contributed by atoms with van der Waals surface area (Å²) in [6, 6.07) is 12.8. The molecule has 1 N–H and O–H groups in total. The average Bonchev–Trinajstić information content (AvgIpc) is 3.23. The summed E-state index contributed by atoms with van der Waals surface area (Å²) in [6.07, 6.45) is 1.89. The van der Waals surface area contributed by atoms with Crippen molar-refractivity contribution in [2.24, 2.45) is 7.05 Å². The summed E-state index contributed by atoms with van der Waals surface area (Å²) < 4.78 is 35.9. The van der Waals surface area contributed by atoms with Gasteiger partial charge in [0.05, 0.1) is 22.6 Å². The molecular formula is C28H22F2N4O2. The van der Waals surface area contributed by atoms with Gasteiger partial charge in [0, 0.05) is 35.3 Å². The molecule has 0 fully saturated rings. The molecule has 0 radical (unpaired) electrons. The standard InChI is InChI=1S/C28H22F2N4O2/c1-14-9-19(16(3)32-24-8-6-22(29)25(30)21(24)12-31)28-20(10-14)26(35)15(2)27(36-28)17-5-7-23-18(11-17)13-34(4)33-23/h5-11,13,16,32H,1-4H3/t16-/m1/s1. The fourth-order valence-electron chi connectivity index (χ4n) is 4.55. The van der Waals surface area contributed by atoms with Crippen molar-refractivity contribution in [3.63, 3.8) is 0 Å². The molecule has 0 spiro atoms. The zero-order valence-corrected chi connectivity index (χ0v) is 20.1. The van der Waals surface area contributed by atoms with E-state index in [4.69, 9.17) is 4.42 Å². The third kappa shape index (κ3) is 3.79. The Bertz CT molecular complexity index is 1780. The van der Waals surface area contributed by atoms with Gasteiger partial charge in [-0.3, -0.25) is 9.48 Å². The molecule has 5 aromatic rings. The molecule has 5 rings (SSSR count). The van der Waals surface area contributed by atoms with Crippen LogP contribution in [-0.4, -0.2) is 9.78 Å². The highest BCUT2D eigenvalue weighted by Gasteiger charge is 2.21. The number of nitrogens with one attached hydrogen (secondary N) is 1. The third-order valence-electron chi connectivity index (χ3n) is 6.32. The van der Waals surface area contributed by atoms with Gasteiger partial charge < -0.3 is 9.73 Å². The lowest BCUT2D eigenvalue weighted by molar-refractivity contribution is 0.506. The fourth-order valence-corrected chi connectivity index (χ4v) is 4.55. The largest absolute Gasteiger partial charge is 0.455 e. The van der Waals surface area contributed by atoms with Crippen LogP contribution in [0.25, 0.3) is 33.2 Å². The SMILES string of the molecule is Cc1cc([C@@H](C)Nc2ccc(F)c(F)c2C#N)c2oc(-c3ccc4nn(C)cc4c3)c(C)c(=O)c2c1. The molecule has 3 aromatic carbocycles. The van der Waals surface area contributed by atoms with Crippen molar-refractivity contribution in [3.05, 3.63) is 92.8 Å². The van der Waals surface area contributed by atoms with Crippen LogP contribution in [0.15, 0.2) is 57.9 Å². The van der Waals surface area contributed by atoms with Crippen LogP contribution in [0.1, 0.15) is 35.2 Å². The van der Waals surface area contributed by atoms with Crippen LogP contribution in [-0.2, 0) is 7.05 Å². The van der Waals surface area contributed by atoms with Gasteiger partial charge in [-0.05, 0) is 62.7 Å². The summed E-state index contributed by atoms with van der Waals surface area (Å²) >= 11 is 0. The summed E-state index contributed by atoms with van der Waals surface area (Å²) in [7, 11) is 1.84. The Morgan fingerprint density at radius 3 is 2.67 bits per heavy atom. The van der Waals surface area contributed by atoms with Crippen molar-refractivity contribution in [2.45, 2.75) is 26.8 Å². The molecular weight excluding hydrogens is 462 g/mol. The molecule has 2 aromatic heterocycles. The summed E-state index contributed by atoms with van der Waals surface area (Å²) in [6.45, 7) is 5.41. The zero-order valence-electron chi connectivity index (χ0n) is 20.1. The first-order chi connectivity index (χ1) is 17.2. The third-order valence-corrected chi connectivity index (χ3v) is 6.32. The van der Waals surface area contributed by atoms with Crippen molar-refractivity contribution in [3.8, 4) is 17.4 Å². The van der Waals surface area contributed by atoms with E-state index >= 15 is 0 Å². The van der Waals surface area contributed by atoms with Crippen molar-refractivity contribution in [1.29, 1.82) is 5.26 Å². The lowest BCUT2D eigenvalue weighted by Crippen LogP contribution is -2.13. The van der Waals surface area contributed by atoms with Crippen LogP contribution < -0.4 is 10.7 Å². The van der Waals surface area contributed by atoms with Crippen LogP contribution in [0.5, 0.6) is 0 Å². The van der Waals surface area contributed by atoms with E-state index in [9.17, 15) is 18.8 Å². The Labute approximate surface area is 205 Å². The minimum absolute atomic E-state index is 0.148. The van der Waals surface area contributed by atoms with Crippen molar-refractivity contribution < 1.29 is 13.2 Å². The molecule has 0 saturated carbocycles. The maximum absolute atomic E-state index is 14.2. The molecule has 2 heterocycles. The highest BCUT2D eigenvalue weighted by molar-refractivity contribution is 5.87. The van der Waals surface area contributed by atoms with Gasteiger partial charge in [0.1, 0.15) is 23.0 Å². The summed E-state index contributed by atoms with van der Waals surface area (Å²) in [5.74, 6) is -1.86. The molecule has 0 aliphatic carbocycles. The van der Waals surface area contributed by atoms with E-state index in [-0.39, 0.29) is 11.1 Å². The van der Waals surface area contributed by atoms with Gasteiger partial charge in [-0.1, -0.05) is 6.07 Å². The Balaban J connectivity index is 1.68. The molecule has 0 amide bonds. The number of aromatic nitrogens is 2. The van der Waals surface area contributed by atoms with Crippen LogP contribution in [0.2, 0.25) is 0 Å². The molecule has 1 atom stereocenters. The number of rotatable bonds is 4. The average molecular weight is 485 g/mol. The number of fused-ring (bicyclic) bond motifs is 2. The number of aryl methyl sites for hydroxylation is 2. The van der Waals surface area contributed by atoms with Crippen LogP contribution >= 0.6 is 0 Å². The van der Waals surface area contributed by atoms with E-state index in [1.807, 2.05) is 44.4 Å². The van der Waals surface area contributed by atoms with E-state index in [0.717, 1.165) is 28.1 Å². The molecule has 0 bridgehead atoms. The molecule has 36 heavy (non-hydrogen) atoms. The van der Waals surface area contributed by atoms with Gasteiger partial charge in [-0.15, -0.1) is 0 Å². The molecule has 0 unspecified atom stereocenters. The second kappa shape index (κ2) is 8.61. The molecule has 0 aliphatic rings. The fraction of sp³-hybridized carbons (Fsp3) is 0.179. The first kappa shape index (κ1) is 23.2. The lowest BCUT2D eigenvalue weighted by atomic mass is 9.98. The molecule has 0 aliphatic heterocycles. The minimum Gasteiger partial charge on any atom is -0.455 e. The van der Waals surface area contributed by atoms with Gasteiger partial charge in [0.2, 0.25) is 0 Å². The van der Waals surface area contributed by atoms with E-state index in [1.54, 1.807) is 30.7 Å². The van der Waals surface area contributed by atoms with Crippen LogP contribution in [0, 0.1) is 36.8 Å². The molecule has 8 heteroatoms. The monoisotopic (exact) mass is 484 g/mol. The first-order valence-electron chi connectivity index (χ1n) is 11.3. The predicted octanol–water partition coefficient (Wildman–Crippen LogP) is 6.29. The van der Waals surface area contributed by atoms with Gasteiger partial charge >= 0.3 is 0 Å². The highest BCUT2D eigenvalue weighted by atomic mass is 19.2. The number of benzene rings is 3. The molecule has 6 nitrogen and oxygen atoms in total. The Hall–Kier alpha value is -4.51. The topological polar surface area (TPSA) is 83.8 Å². The second-order valence-electron chi connectivity index (χ2n) is 8.95. The van der Waals surface area contributed by atoms with E-state index in [1.165, 1.54) is 6.07 Å². The van der Waals surface area contributed by atoms with Gasteiger partial charge in [0.25, 0.3) is 0 Å². The van der Waals surface area contributed by atoms with Gasteiger partial charge in [-0.25, -0.2) is 8.78 Å². The maximum Gasteiger partial charge on any atom is 0.196 e. The normalized spacial score (nSPS) is 12.1. The minimum atomic E-state index is -1.21. The van der Waals surface area contributed by atoms with E-state index in [2.05, 4.69) is 10.4 Å². The van der Waals surface area contributed by atoms with Crippen LogP contribution in [0.3, 0.4) is 0 Å². The quantitative estimate of drug-likeness (QED) is 0.324. The number of nitriles is 1. The number of hydrogen-bond donors (Lipinski definition) is 1. The van der Waals surface area contributed by atoms with Gasteiger partial charge in [-0.2, -0.15) is 10.4 Å².